The second kappa shape index (κ2) is 8.53. The number of hydrogen-bond donors (Lipinski definition) is 2. The lowest BCUT2D eigenvalue weighted by molar-refractivity contribution is -0.139. The van der Waals surface area contributed by atoms with E-state index in [2.05, 4.69) is 21.2 Å². The van der Waals surface area contributed by atoms with Crippen LogP contribution < -0.4 is 10.8 Å². The van der Waals surface area contributed by atoms with Gasteiger partial charge in [0, 0.05) is 16.5 Å². The molecule has 2 aromatic carbocycles. The van der Waals surface area contributed by atoms with Gasteiger partial charge in [-0.3, -0.25) is 4.79 Å². The number of carboxylic acid groups (broad SMARTS) is 1. The number of carbonyl (C=O) groups excluding carboxylic acids is 1. The van der Waals surface area contributed by atoms with Crippen LogP contribution in [0.3, 0.4) is 0 Å². The molecule has 1 atom stereocenters. The molecule has 8 heteroatoms. The van der Waals surface area contributed by atoms with Gasteiger partial charge in [0.05, 0.1) is 11.2 Å². The Morgan fingerprint density at radius 3 is 2.20 bits per heavy atom. The number of hydrogen-bond acceptors (Lipinski definition) is 4. The van der Waals surface area contributed by atoms with Crippen molar-refractivity contribution in [1.82, 2.24) is 5.32 Å². The van der Waals surface area contributed by atoms with Gasteiger partial charge < -0.3 is 19.7 Å². The van der Waals surface area contributed by atoms with E-state index < -0.39 is 36.2 Å². The summed E-state index contributed by atoms with van der Waals surface area (Å²) in [6, 6.07) is 13.2. The summed E-state index contributed by atoms with van der Waals surface area (Å²) < 4.78 is 12.8. The number of carboxylic acids is 1. The normalized spacial score (nSPS) is 18.1. The van der Waals surface area contributed by atoms with Gasteiger partial charge in [-0.25, -0.2) is 4.79 Å². The number of carbonyl (C=O) groups is 2. The Bertz CT molecular complexity index is 929. The van der Waals surface area contributed by atoms with Gasteiger partial charge >= 0.3 is 13.1 Å². The minimum atomic E-state index is -1.09. The van der Waals surface area contributed by atoms with Crippen molar-refractivity contribution < 1.29 is 24.0 Å². The van der Waals surface area contributed by atoms with E-state index in [-0.39, 0.29) is 6.42 Å². The van der Waals surface area contributed by atoms with E-state index in [1.54, 1.807) is 24.3 Å². The Kier molecular flexibility index (Phi) is 6.41. The number of nitrogens with one attached hydrogen (secondary N) is 1. The molecule has 1 amide bonds. The van der Waals surface area contributed by atoms with Crippen molar-refractivity contribution >= 4 is 40.4 Å². The van der Waals surface area contributed by atoms with Crippen LogP contribution in [0.2, 0.25) is 0 Å². The second-order valence-corrected chi connectivity index (χ2v) is 9.32. The third kappa shape index (κ3) is 4.94. The molecule has 0 saturated carbocycles. The molecule has 0 bridgehead atoms. The standard InChI is InChI=1S/C22H25BBrNO5/c1-21(2)22(3,4)30-23(29-21)16-10-8-14(9-11-16)12-18(20(27)28)25-19(26)15-6-5-7-17(24)13-15/h5-11,13,18H,12H2,1-4H3,(H,25,26)(H,27,28)/t18-/m1/s1. The molecule has 0 radical (unpaired) electrons. The minimum absolute atomic E-state index is 0.165. The van der Waals surface area contributed by atoms with Crippen molar-refractivity contribution in [3.8, 4) is 0 Å². The predicted octanol–water partition coefficient (Wildman–Crippen LogP) is 3.17. The predicted molar refractivity (Wildman–Crippen MR) is 119 cm³/mol. The average Bonchev–Trinajstić information content (AvgIpc) is 2.89. The van der Waals surface area contributed by atoms with Crippen LogP contribution in [-0.2, 0) is 20.5 Å². The molecule has 0 unspecified atom stereocenters. The largest absolute Gasteiger partial charge is 0.494 e. The van der Waals surface area contributed by atoms with E-state index in [0.717, 1.165) is 15.5 Å². The molecular weight excluding hydrogens is 449 g/mol. The highest BCUT2D eigenvalue weighted by atomic mass is 79.9. The van der Waals surface area contributed by atoms with Crippen molar-refractivity contribution in [3.63, 3.8) is 0 Å². The smallest absolute Gasteiger partial charge is 0.480 e. The Morgan fingerprint density at radius 1 is 1.07 bits per heavy atom. The van der Waals surface area contributed by atoms with Crippen LogP contribution in [0.5, 0.6) is 0 Å². The van der Waals surface area contributed by atoms with Crippen molar-refractivity contribution in [1.29, 1.82) is 0 Å². The van der Waals surface area contributed by atoms with Crippen LogP contribution in [0.25, 0.3) is 0 Å². The first kappa shape index (κ1) is 22.5. The fraction of sp³-hybridized carbons (Fsp3) is 0.364. The molecule has 0 aromatic heterocycles. The fourth-order valence-corrected chi connectivity index (χ4v) is 3.50. The summed E-state index contributed by atoms with van der Waals surface area (Å²) in [5.74, 6) is -1.52. The molecule has 0 spiro atoms. The zero-order valence-corrected chi connectivity index (χ0v) is 19.0. The highest BCUT2D eigenvalue weighted by Crippen LogP contribution is 2.36. The highest BCUT2D eigenvalue weighted by molar-refractivity contribution is 9.10. The van der Waals surface area contributed by atoms with Crippen LogP contribution in [0, 0.1) is 0 Å². The maximum absolute atomic E-state index is 12.4. The Labute approximate surface area is 185 Å². The number of aliphatic carboxylic acids is 1. The Balaban J connectivity index is 1.68. The monoisotopic (exact) mass is 473 g/mol. The molecule has 3 rings (SSSR count). The first-order chi connectivity index (χ1) is 14.0. The number of halogens is 1. The summed E-state index contributed by atoms with van der Waals surface area (Å²) in [4.78, 5) is 24.1. The fourth-order valence-electron chi connectivity index (χ4n) is 3.10. The zero-order chi connectivity index (χ0) is 22.1. The van der Waals surface area contributed by atoms with Crippen molar-refractivity contribution in [2.75, 3.05) is 0 Å². The van der Waals surface area contributed by atoms with E-state index in [1.807, 2.05) is 52.0 Å². The van der Waals surface area contributed by atoms with Gasteiger partial charge in [0.25, 0.3) is 5.91 Å². The lowest BCUT2D eigenvalue weighted by Gasteiger charge is -2.32. The molecule has 1 aliphatic heterocycles. The van der Waals surface area contributed by atoms with E-state index in [9.17, 15) is 14.7 Å². The van der Waals surface area contributed by atoms with Gasteiger partial charge in [0.15, 0.2) is 0 Å². The van der Waals surface area contributed by atoms with Crippen molar-refractivity contribution in [3.05, 3.63) is 64.1 Å². The van der Waals surface area contributed by atoms with Crippen LogP contribution in [0.1, 0.15) is 43.6 Å². The number of amides is 1. The SMILES string of the molecule is CC1(C)OB(c2ccc(C[C@@H](NC(=O)c3cccc(Br)c3)C(=O)O)cc2)OC1(C)C. The van der Waals surface area contributed by atoms with Crippen LogP contribution >= 0.6 is 15.9 Å². The van der Waals surface area contributed by atoms with Gasteiger partial charge in [0.1, 0.15) is 6.04 Å². The summed E-state index contributed by atoms with van der Waals surface area (Å²) in [7, 11) is -0.476. The summed E-state index contributed by atoms with van der Waals surface area (Å²) in [6.07, 6.45) is 0.165. The van der Waals surface area contributed by atoms with Crippen LogP contribution in [-0.4, -0.2) is 41.3 Å². The Morgan fingerprint density at radius 2 is 1.67 bits per heavy atom. The van der Waals surface area contributed by atoms with Crippen molar-refractivity contribution in [2.45, 2.75) is 51.4 Å². The zero-order valence-electron chi connectivity index (χ0n) is 17.4. The van der Waals surface area contributed by atoms with Gasteiger partial charge in [-0.15, -0.1) is 0 Å². The topological polar surface area (TPSA) is 84.9 Å². The molecule has 1 aliphatic rings. The highest BCUT2D eigenvalue weighted by Gasteiger charge is 2.51. The van der Waals surface area contributed by atoms with Crippen LogP contribution in [0.4, 0.5) is 0 Å². The molecule has 2 aromatic rings. The average molecular weight is 474 g/mol. The molecule has 1 heterocycles. The van der Waals surface area contributed by atoms with Gasteiger partial charge in [-0.1, -0.05) is 46.3 Å². The van der Waals surface area contributed by atoms with Gasteiger partial charge in [-0.2, -0.15) is 0 Å². The lowest BCUT2D eigenvalue weighted by Crippen LogP contribution is -2.42. The molecule has 0 aliphatic carbocycles. The lowest BCUT2D eigenvalue weighted by atomic mass is 9.78. The summed E-state index contributed by atoms with van der Waals surface area (Å²) in [5, 5.41) is 12.2. The maximum Gasteiger partial charge on any atom is 0.494 e. The van der Waals surface area contributed by atoms with Gasteiger partial charge in [0.2, 0.25) is 0 Å². The second-order valence-electron chi connectivity index (χ2n) is 8.41. The third-order valence-corrected chi connectivity index (χ3v) is 6.13. The van der Waals surface area contributed by atoms with Crippen LogP contribution in [0.15, 0.2) is 53.0 Å². The summed E-state index contributed by atoms with van der Waals surface area (Å²) in [5.41, 5.74) is 1.19. The number of benzene rings is 2. The first-order valence-corrected chi connectivity index (χ1v) is 10.5. The number of rotatable bonds is 6. The molecule has 30 heavy (non-hydrogen) atoms. The van der Waals surface area contributed by atoms with Gasteiger partial charge in [-0.05, 0) is 56.9 Å². The van der Waals surface area contributed by atoms with E-state index in [4.69, 9.17) is 9.31 Å². The van der Waals surface area contributed by atoms with E-state index >= 15 is 0 Å². The molecule has 1 fully saturated rings. The molecule has 2 N–H and O–H groups in total. The molecule has 6 nitrogen and oxygen atoms in total. The quantitative estimate of drug-likeness (QED) is 0.629. The Hall–Kier alpha value is -2.16. The molecule has 1 saturated heterocycles. The van der Waals surface area contributed by atoms with Crippen molar-refractivity contribution in [2.24, 2.45) is 0 Å². The molecular formula is C22H25BBrNO5. The third-order valence-electron chi connectivity index (χ3n) is 5.64. The van der Waals surface area contributed by atoms with E-state index in [1.165, 1.54) is 0 Å². The maximum atomic E-state index is 12.4. The summed E-state index contributed by atoms with van der Waals surface area (Å²) in [6.45, 7) is 7.97. The minimum Gasteiger partial charge on any atom is -0.480 e. The first-order valence-electron chi connectivity index (χ1n) is 9.72. The van der Waals surface area contributed by atoms with E-state index in [0.29, 0.717) is 5.56 Å². The molecule has 158 valence electrons. The summed E-state index contributed by atoms with van der Waals surface area (Å²) >= 11 is 3.31.